The summed E-state index contributed by atoms with van der Waals surface area (Å²) in [6.45, 7) is 5.66. The Hall–Kier alpha value is -1.17. The van der Waals surface area contributed by atoms with Crippen LogP contribution in [-0.2, 0) is 16.4 Å². The molecule has 0 unspecified atom stereocenters. The summed E-state index contributed by atoms with van der Waals surface area (Å²) in [7, 11) is -3.01. The minimum absolute atomic E-state index is 0.0705. The predicted molar refractivity (Wildman–Crippen MR) is 66.0 cm³/mol. The quantitative estimate of drug-likeness (QED) is 0.717. The van der Waals surface area contributed by atoms with Crippen molar-refractivity contribution in [1.29, 1.82) is 0 Å². The highest BCUT2D eigenvalue weighted by molar-refractivity contribution is 7.91. The van der Waals surface area contributed by atoms with Gasteiger partial charge in [0.25, 0.3) is 0 Å². The molecule has 0 spiro atoms. The Morgan fingerprint density at radius 3 is 2.41 bits per heavy atom. The Labute approximate surface area is 102 Å². The van der Waals surface area contributed by atoms with Crippen molar-refractivity contribution in [3.63, 3.8) is 0 Å². The Bertz CT molecular complexity index is 503. The fraction of sp³-hybridized carbons (Fsp3) is 0.636. The monoisotopic (exact) mass is 258 g/mol. The molecule has 0 saturated heterocycles. The Kier molecular flexibility index (Phi) is 4.45. The molecule has 6 heteroatoms. The van der Waals surface area contributed by atoms with Crippen molar-refractivity contribution >= 4 is 16.1 Å². The number of carbonyl (C=O) groups excluding carboxylic acids is 1. The molecule has 17 heavy (non-hydrogen) atoms. The Morgan fingerprint density at radius 1 is 1.29 bits per heavy atom. The normalized spacial score (nSPS) is 11.7. The van der Waals surface area contributed by atoms with Gasteiger partial charge in [0.2, 0.25) is 0 Å². The van der Waals surface area contributed by atoms with Gasteiger partial charge in [0.15, 0.2) is 16.1 Å². The van der Waals surface area contributed by atoms with Crippen LogP contribution in [0, 0.1) is 13.8 Å². The number of aromatic nitrogens is 2. The maximum absolute atomic E-state index is 11.6. The highest BCUT2D eigenvalue weighted by atomic mass is 32.2. The number of rotatable bonds is 6. The molecule has 0 N–H and O–H groups in total. The molecule has 5 nitrogen and oxygen atoms in total. The van der Waals surface area contributed by atoms with Crippen LogP contribution in [-0.4, -0.2) is 36.0 Å². The van der Waals surface area contributed by atoms with E-state index in [1.54, 1.807) is 18.5 Å². The third kappa shape index (κ3) is 3.39. The van der Waals surface area contributed by atoms with E-state index >= 15 is 0 Å². The lowest BCUT2D eigenvalue weighted by atomic mass is 10.2. The first-order chi connectivity index (χ1) is 7.91. The highest BCUT2D eigenvalue weighted by Gasteiger charge is 2.14. The zero-order valence-corrected chi connectivity index (χ0v) is 11.2. The molecule has 96 valence electrons. The van der Waals surface area contributed by atoms with Gasteiger partial charge in [0.05, 0.1) is 23.6 Å². The second kappa shape index (κ2) is 5.44. The average molecular weight is 258 g/mol. The van der Waals surface area contributed by atoms with E-state index in [0.717, 1.165) is 12.0 Å². The number of nitrogens with zero attached hydrogens (tertiary/aromatic N) is 2. The molecule has 0 aliphatic heterocycles. The predicted octanol–water partition coefficient (Wildman–Crippen LogP) is 1.14. The number of sulfone groups is 1. The van der Waals surface area contributed by atoms with E-state index in [0.29, 0.717) is 24.2 Å². The van der Waals surface area contributed by atoms with Crippen molar-refractivity contribution < 1.29 is 13.2 Å². The Morgan fingerprint density at radius 2 is 1.94 bits per heavy atom. The van der Waals surface area contributed by atoms with Gasteiger partial charge in [-0.2, -0.15) is 5.10 Å². The molecule has 0 amide bonds. The second-order valence-electron chi connectivity index (χ2n) is 4.08. The topological polar surface area (TPSA) is 69.0 Å². The molecular formula is C11H18N2O3S. The van der Waals surface area contributed by atoms with Crippen molar-refractivity contribution in [2.24, 2.45) is 0 Å². The largest absolute Gasteiger partial charge is 0.298 e. The van der Waals surface area contributed by atoms with E-state index in [-0.39, 0.29) is 11.5 Å². The van der Waals surface area contributed by atoms with Crippen molar-refractivity contribution in [1.82, 2.24) is 9.78 Å². The lowest BCUT2D eigenvalue weighted by molar-refractivity contribution is 0.112. The first-order valence-electron chi connectivity index (χ1n) is 5.61. The van der Waals surface area contributed by atoms with Gasteiger partial charge in [-0.3, -0.25) is 9.48 Å². The first-order valence-corrected chi connectivity index (χ1v) is 7.43. The number of hydrogen-bond donors (Lipinski definition) is 0. The molecule has 0 fully saturated rings. The second-order valence-corrected chi connectivity index (χ2v) is 6.38. The third-order valence-electron chi connectivity index (χ3n) is 2.68. The molecule has 1 aromatic heterocycles. The van der Waals surface area contributed by atoms with Gasteiger partial charge in [-0.1, -0.05) is 6.92 Å². The summed E-state index contributed by atoms with van der Waals surface area (Å²) in [5.41, 5.74) is 1.92. The minimum atomic E-state index is -3.01. The van der Waals surface area contributed by atoms with Gasteiger partial charge in [-0.15, -0.1) is 0 Å². The summed E-state index contributed by atoms with van der Waals surface area (Å²) in [6.07, 6.45) is 1.38. The molecule has 1 rings (SSSR count). The molecule has 0 radical (unpaired) electrons. The van der Waals surface area contributed by atoms with Crippen LogP contribution in [0.2, 0.25) is 0 Å². The molecule has 1 aromatic rings. The molecular weight excluding hydrogens is 240 g/mol. The molecule has 0 saturated carbocycles. The summed E-state index contributed by atoms with van der Waals surface area (Å²) < 4.78 is 24.7. The first kappa shape index (κ1) is 13.9. The van der Waals surface area contributed by atoms with Gasteiger partial charge < -0.3 is 0 Å². The molecule has 0 aliphatic rings. The van der Waals surface area contributed by atoms with E-state index < -0.39 is 9.84 Å². The van der Waals surface area contributed by atoms with Gasteiger partial charge in [-0.05, 0) is 20.3 Å². The Balaban J connectivity index is 2.80. The average Bonchev–Trinajstić information content (AvgIpc) is 2.51. The number of carbonyl (C=O) groups is 1. The van der Waals surface area contributed by atoms with Gasteiger partial charge in [0, 0.05) is 11.4 Å². The van der Waals surface area contributed by atoms with Crippen LogP contribution in [0.5, 0.6) is 0 Å². The van der Waals surface area contributed by atoms with Gasteiger partial charge in [-0.25, -0.2) is 8.42 Å². The summed E-state index contributed by atoms with van der Waals surface area (Å²) >= 11 is 0. The molecule has 1 heterocycles. The molecule has 0 aromatic carbocycles. The number of aryl methyl sites for hydroxylation is 2. The number of hydrogen-bond acceptors (Lipinski definition) is 4. The smallest absolute Gasteiger partial charge is 0.153 e. The summed E-state index contributed by atoms with van der Waals surface area (Å²) in [5, 5.41) is 4.17. The maximum atomic E-state index is 11.6. The van der Waals surface area contributed by atoms with E-state index in [1.165, 1.54) is 0 Å². The van der Waals surface area contributed by atoms with Crippen LogP contribution < -0.4 is 0 Å². The van der Waals surface area contributed by atoms with Crippen LogP contribution >= 0.6 is 0 Å². The zero-order chi connectivity index (χ0) is 13.1. The summed E-state index contributed by atoms with van der Waals surface area (Å²) in [5.74, 6) is 0.272. The molecule has 0 aliphatic carbocycles. The highest BCUT2D eigenvalue weighted by Crippen LogP contribution is 2.10. The lowest BCUT2D eigenvalue weighted by Gasteiger charge is -2.05. The summed E-state index contributed by atoms with van der Waals surface area (Å²) in [4.78, 5) is 10.8. The van der Waals surface area contributed by atoms with Crippen LogP contribution in [0.4, 0.5) is 0 Å². The lowest BCUT2D eigenvalue weighted by Crippen LogP contribution is -2.17. The van der Waals surface area contributed by atoms with E-state index in [4.69, 9.17) is 0 Å². The standard InChI is InChI=1S/C11H18N2O3S/c1-4-6-17(15,16)7-5-13-10(3)11(8-14)9(2)12-13/h8H,4-7H2,1-3H3. The van der Waals surface area contributed by atoms with E-state index in [2.05, 4.69) is 5.10 Å². The van der Waals surface area contributed by atoms with E-state index in [9.17, 15) is 13.2 Å². The third-order valence-corrected chi connectivity index (χ3v) is 4.52. The van der Waals surface area contributed by atoms with Gasteiger partial charge >= 0.3 is 0 Å². The fourth-order valence-corrected chi connectivity index (χ4v) is 3.01. The van der Waals surface area contributed by atoms with Crippen molar-refractivity contribution in [3.8, 4) is 0 Å². The van der Waals surface area contributed by atoms with Crippen molar-refractivity contribution in [2.75, 3.05) is 11.5 Å². The van der Waals surface area contributed by atoms with Crippen LogP contribution in [0.3, 0.4) is 0 Å². The summed E-state index contributed by atoms with van der Waals surface area (Å²) in [6, 6.07) is 0. The van der Waals surface area contributed by atoms with Gasteiger partial charge in [0.1, 0.15) is 0 Å². The molecule has 0 bridgehead atoms. The van der Waals surface area contributed by atoms with Crippen LogP contribution in [0.1, 0.15) is 35.1 Å². The zero-order valence-electron chi connectivity index (χ0n) is 10.4. The van der Waals surface area contributed by atoms with Crippen molar-refractivity contribution in [3.05, 3.63) is 17.0 Å². The fourth-order valence-electron chi connectivity index (χ4n) is 1.74. The minimum Gasteiger partial charge on any atom is -0.298 e. The van der Waals surface area contributed by atoms with E-state index in [1.807, 2.05) is 6.92 Å². The number of aldehydes is 1. The maximum Gasteiger partial charge on any atom is 0.153 e. The molecule has 0 atom stereocenters. The van der Waals surface area contributed by atoms with Crippen LogP contribution in [0.25, 0.3) is 0 Å². The van der Waals surface area contributed by atoms with Crippen LogP contribution in [0.15, 0.2) is 0 Å². The SMILES string of the molecule is CCCS(=O)(=O)CCn1nc(C)c(C=O)c1C. The van der Waals surface area contributed by atoms with Crippen molar-refractivity contribution in [2.45, 2.75) is 33.7 Å².